The highest BCUT2D eigenvalue weighted by atomic mass is 35.5. The highest BCUT2D eigenvalue weighted by Gasteiger charge is 2.10. The van der Waals surface area contributed by atoms with Gasteiger partial charge in [0.05, 0.1) is 6.61 Å². The second-order valence-corrected chi connectivity index (χ2v) is 2.78. The third-order valence-corrected chi connectivity index (χ3v) is 1.76. The lowest BCUT2D eigenvalue weighted by Crippen LogP contribution is -2.31. The largest absolute Gasteiger partial charge is 0.465 e. The van der Waals surface area contributed by atoms with Crippen LogP contribution in [0.25, 0.3) is 0 Å². The molecule has 0 aliphatic heterocycles. The predicted octanol–water partition coefficient (Wildman–Crippen LogP) is 0.976. The smallest absolute Gasteiger partial charge is 0.407 e. The van der Waals surface area contributed by atoms with E-state index >= 15 is 0 Å². The number of pyridine rings is 1. The van der Waals surface area contributed by atoms with Crippen molar-refractivity contribution >= 4 is 18.5 Å². The number of aliphatic hydroxyl groups excluding tert-OH is 1. The van der Waals surface area contributed by atoms with Crippen LogP contribution in [-0.2, 0) is 6.54 Å². The molecule has 1 aromatic heterocycles. The van der Waals surface area contributed by atoms with Gasteiger partial charge in [0.15, 0.2) is 0 Å². The van der Waals surface area contributed by atoms with Gasteiger partial charge in [0.1, 0.15) is 0 Å². The van der Waals surface area contributed by atoms with Gasteiger partial charge in [-0.3, -0.25) is 4.98 Å². The quantitative estimate of drug-likeness (QED) is 0.812. The Labute approximate surface area is 93.8 Å². The van der Waals surface area contributed by atoms with Crippen molar-refractivity contribution in [2.45, 2.75) is 6.54 Å². The van der Waals surface area contributed by atoms with E-state index in [4.69, 9.17) is 10.2 Å². The van der Waals surface area contributed by atoms with Gasteiger partial charge in [-0.15, -0.1) is 12.4 Å². The predicted molar refractivity (Wildman–Crippen MR) is 57.0 cm³/mol. The van der Waals surface area contributed by atoms with Gasteiger partial charge < -0.3 is 15.1 Å². The van der Waals surface area contributed by atoms with Crippen molar-refractivity contribution in [3.8, 4) is 0 Å². The summed E-state index contributed by atoms with van der Waals surface area (Å²) in [6, 6.07) is 3.49. The van der Waals surface area contributed by atoms with Gasteiger partial charge >= 0.3 is 6.09 Å². The maximum atomic E-state index is 10.7. The maximum Gasteiger partial charge on any atom is 0.407 e. The minimum absolute atomic E-state index is 0. The average Bonchev–Trinajstić information content (AvgIpc) is 2.18. The van der Waals surface area contributed by atoms with E-state index in [9.17, 15) is 4.79 Å². The first-order valence-corrected chi connectivity index (χ1v) is 4.21. The average molecular weight is 233 g/mol. The molecule has 15 heavy (non-hydrogen) atoms. The molecular formula is C9H13ClN2O3. The number of carboxylic acid groups (broad SMARTS) is 1. The molecule has 0 aromatic carbocycles. The van der Waals surface area contributed by atoms with Crippen molar-refractivity contribution in [3.05, 3.63) is 30.1 Å². The van der Waals surface area contributed by atoms with E-state index in [1.54, 1.807) is 24.5 Å². The summed E-state index contributed by atoms with van der Waals surface area (Å²) in [4.78, 5) is 15.7. The molecule has 0 spiro atoms. The Balaban J connectivity index is 0.00000196. The minimum atomic E-state index is -1.03. The molecule has 1 rings (SSSR count). The maximum absolute atomic E-state index is 10.7. The number of carbonyl (C=O) groups is 1. The third kappa shape index (κ3) is 4.62. The molecule has 0 radical (unpaired) electrons. The van der Waals surface area contributed by atoms with Crippen molar-refractivity contribution in [1.29, 1.82) is 0 Å². The van der Waals surface area contributed by atoms with E-state index in [-0.39, 0.29) is 32.1 Å². The van der Waals surface area contributed by atoms with Crippen molar-refractivity contribution in [1.82, 2.24) is 9.88 Å². The van der Waals surface area contributed by atoms with Crippen LogP contribution in [0, 0.1) is 0 Å². The first-order chi connectivity index (χ1) is 6.74. The molecule has 5 nitrogen and oxygen atoms in total. The lowest BCUT2D eigenvalue weighted by Gasteiger charge is -2.17. The van der Waals surface area contributed by atoms with Crippen molar-refractivity contribution in [3.63, 3.8) is 0 Å². The van der Waals surface area contributed by atoms with Gasteiger partial charge in [-0.05, 0) is 17.7 Å². The van der Waals surface area contributed by atoms with Crippen LogP contribution in [0.4, 0.5) is 4.79 Å². The lowest BCUT2D eigenvalue weighted by atomic mass is 10.2. The molecule has 84 valence electrons. The van der Waals surface area contributed by atoms with Crippen LogP contribution in [0.5, 0.6) is 0 Å². The van der Waals surface area contributed by atoms with E-state index in [2.05, 4.69) is 4.98 Å². The van der Waals surface area contributed by atoms with E-state index in [1.807, 2.05) is 0 Å². The number of aliphatic hydroxyl groups is 1. The Hall–Kier alpha value is -1.33. The zero-order valence-corrected chi connectivity index (χ0v) is 8.85. The topological polar surface area (TPSA) is 73.7 Å². The summed E-state index contributed by atoms with van der Waals surface area (Å²) in [5.74, 6) is 0. The SMILES string of the molecule is Cl.O=C(O)N(CCO)Cc1ccncc1. The molecule has 6 heteroatoms. The van der Waals surface area contributed by atoms with Crippen LogP contribution >= 0.6 is 12.4 Å². The van der Waals surface area contributed by atoms with Crippen LogP contribution in [0.2, 0.25) is 0 Å². The zero-order chi connectivity index (χ0) is 10.4. The van der Waals surface area contributed by atoms with Crippen molar-refractivity contribution in [2.75, 3.05) is 13.2 Å². The first-order valence-electron chi connectivity index (χ1n) is 4.21. The van der Waals surface area contributed by atoms with Gasteiger partial charge in [-0.25, -0.2) is 4.79 Å². The van der Waals surface area contributed by atoms with E-state index in [1.165, 1.54) is 0 Å². The van der Waals surface area contributed by atoms with Gasteiger partial charge in [-0.1, -0.05) is 0 Å². The minimum Gasteiger partial charge on any atom is -0.465 e. The summed E-state index contributed by atoms with van der Waals surface area (Å²) in [5, 5.41) is 17.4. The standard InChI is InChI=1S/C9H12N2O3.ClH/c12-6-5-11(9(13)14)7-8-1-3-10-4-2-8;/h1-4,12H,5-7H2,(H,13,14);1H. The fourth-order valence-electron chi connectivity index (χ4n) is 1.07. The van der Waals surface area contributed by atoms with Crippen LogP contribution in [0.1, 0.15) is 5.56 Å². The number of amides is 1. The fraction of sp³-hybridized carbons (Fsp3) is 0.333. The monoisotopic (exact) mass is 232 g/mol. The van der Waals surface area contributed by atoms with Crippen molar-refractivity contribution < 1.29 is 15.0 Å². The number of hydrogen-bond donors (Lipinski definition) is 2. The zero-order valence-electron chi connectivity index (χ0n) is 8.04. The summed E-state index contributed by atoms with van der Waals surface area (Å²) < 4.78 is 0. The van der Waals surface area contributed by atoms with Gasteiger partial charge in [-0.2, -0.15) is 0 Å². The Morgan fingerprint density at radius 1 is 1.40 bits per heavy atom. The van der Waals surface area contributed by atoms with E-state index in [0.717, 1.165) is 10.5 Å². The highest BCUT2D eigenvalue weighted by molar-refractivity contribution is 5.85. The van der Waals surface area contributed by atoms with Crippen molar-refractivity contribution in [2.24, 2.45) is 0 Å². The van der Waals surface area contributed by atoms with Gasteiger partial charge in [0.25, 0.3) is 0 Å². The number of rotatable bonds is 4. The molecule has 1 heterocycles. The van der Waals surface area contributed by atoms with Crippen LogP contribution in [0.15, 0.2) is 24.5 Å². The first kappa shape index (κ1) is 13.7. The molecule has 0 saturated carbocycles. The summed E-state index contributed by atoms with van der Waals surface area (Å²) in [6.45, 7) is 0.230. The molecule has 2 N–H and O–H groups in total. The molecule has 0 bridgehead atoms. The molecule has 0 aliphatic rings. The van der Waals surface area contributed by atoms with Gasteiger partial charge in [0.2, 0.25) is 0 Å². The Kier molecular flexibility index (Phi) is 6.40. The number of nitrogens with zero attached hydrogens (tertiary/aromatic N) is 2. The molecule has 1 aromatic rings. The number of halogens is 1. The lowest BCUT2D eigenvalue weighted by molar-refractivity contribution is 0.129. The molecule has 0 atom stereocenters. The molecule has 0 fully saturated rings. The normalized spacial score (nSPS) is 9.13. The summed E-state index contributed by atoms with van der Waals surface area (Å²) in [6.07, 6.45) is 2.18. The Morgan fingerprint density at radius 3 is 2.47 bits per heavy atom. The Morgan fingerprint density at radius 2 is 2.00 bits per heavy atom. The Bertz CT molecular complexity index is 295. The highest BCUT2D eigenvalue weighted by Crippen LogP contribution is 2.02. The molecule has 0 aliphatic carbocycles. The molecule has 0 unspecified atom stereocenters. The van der Waals surface area contributed by atoms with Gasteiger partial charge in [0, 0.05) is 25.5 Å². The third-order valence-electron chi connectivity index (χ3n) is 1.76. The number of hydrogen-bond acceptors (Lipinski definition) is 3. The van der Waals surface area contributed by atoms with E-state index in [0.29, 0.717) is 0 Å². The van der Waals surface area contributed by atoms with Crippen LogP contribution < -0.4 is 0 Å². The fourth-order valence-corrected chi connectivity index (χ4v) is 1.07. The molecule has 0 saturated heterocycles. The van der Waals surface area contributed by atoms with Crippen LogP contribution in [0.3, 0.4) is 0 Å². The van der Waals surface area contributed by atoms with E-state index < -0.39 is 6.09 Å². The number of aromatic nitrogens is 1. The summed E-state index contributed by atoms with van der Waals surface area (Å²) in [5.41, 5.74) is 0.857. The summed E-state index contributed by atoms with van der Waals surface area (Å²) >= 11 is 0. The second kappa shape index (κ2) is 7.03. The second-order valence-electron chi connectivity index (χ2n) is 2.78. The van der Waals surface area contributed by atoms with Crippen LogP contribution in [-0.4, -0.2) is 39.3 Å². The molecular weight excluding hydrogens is 220 g/mol. The molecule has 1 amide bonds. The summed E-state index contributed by atoms with van der Waals surface area (Å²) in [7, 11) is 0.